The molecule has 3 rings (SSSR count). The van der Waals surface area contributed by atoms with E-state index >= 15 is 0 Å². The van der Waals surface area contributed by atoms with Crippen LogP contribution >= 0.6 is 0 Å². The third kappa shape index (κ3) is 3.55. The van der Waals surface area contributed by atoms with Crippen LogP contribution in [0, 0.1) is 0 Å². The summed E-state index contributed by atoms with van der Waals surface area (Å²) < 4.78 is 30.7. The Balaban J connectivity index is 1.72. The van der Waals surface area contributed by atoms with E-state index in [9.17, 15) is 18.3 Å². The third-order valence-corrected chi connectivity index (χ3v) is 5.76. The van der Waals surface area contributed by atoms with Gasteiger partial charge in [0, 0.05) is 25.2 Å². The summed E-state index contributed by atoms with van der Waals surface area (Å²) >= 11 is 0. The molecule has 126 valence electrons. The molecule has 1 aromatic carbocycles. The maximum absolute atomic E-state index is 12.5. The van der Waals surface area contributed by atoms with E-state index in [-0.39, 0.29) is 12.3 Å². The monoisotopic (exact) mass is 340 g/mol. The Morgan fingerprint density at radius 1 is 1.17 bits per heavy atom. The number of nitrogens with zero attached hydrogens (tertiary/aromatic N) is 2. The van der Waals surface area contributed by atoms with Crippen LogP contribution in [0.3, 0.4) is 0 Å². The van der Waals surface area contributed by atoms with Gasteiger partial charge in [-0.25, -0.2) is 12.7 Å². The molecule has 8 heteroatoms. The Hall–Kier alpha value is -1.48. The zero-order valence-electron chi connectivity index (χ0n) is 12.7. The molecule has 1 unspecified atom stereocenters. The van der Waals surface area contributed by atoms with Gasteiger partial charge >= 0.3 is 0 Å². The number of benzene rings is 1. The topological polar surface area (TPSA) is 87.2 Å². The number of ether oxygens (including phenoxy) is 1. The molecular weight excluding hydrogens is 320 g/mol. The van der Waals surface area contributed by atoms with Crippen molar-refractivity contribution < 1.29 is 23.1 Å². The minimum absolute atomic E-state index is 0.209. The number of hydrogen-bond donors (Lipinski definition) is 1. The summed E-state index contributed by atoms with van der Waals surface area (Å²) in [6, 6.07) is 6.68. The van der Waals surface area contributed by atoms with Crippen molar-refractivity contribution in [2.45, 2.75) is 11.9 Å². The van der Waals surface area contributed by atoms with Gasteiger partial charge < -0.3 is 9.84 Å². The van der Waals surface area contributed by atoms with Crippen molar-refractivity contribution in [3.05, 3.63) is 35.4 Å². The molecule has 1 amide bonds. The van der Waals surface area contributed by atoms with E-state index in [1.807, 2.05) is 4.90 Å². The fraction of sp³-hybridized carbons (Fsp3) is 0.533. The number of rotatable bonds is 4. The van der Waals surface area contributed by atoms with E-state index in [1.165, 1.54) is 0 Å². The Morgan fingerprint density at radius 2 is 1.87 bits per heavy atom. The van der Waals surface area contributed by atoms with Crippen molar-refractivity contribution in [3.63, 3.8) is 0 Å². The normalized spacial score (nSPS) is 22.7. The molecule has 1 aromatic rings. The second kappa shape index (κ2) is 6.56. The van der Waals surface area contributed by atoms with Crippen LogP contribution in [0.4, 0.5) is 0 Å². The van der Waals surface area contributed by atoms with Gasteiger partial charge in [0.2, 0.25) is 10.0 Å². The Morgan fingerprint density at radius 3 is 2.61 bits per heavy atom. The van der Waals surface area contributed by atoms with Crippen molar-refractivity contribution in [1.82, 2.24) is 9.21 Å². The fourth-order valence-electron chi connectivity index (χ4n) is 2.92. The van der Waals surface area contributed by atoms with E-state index in [2.05, 4.69) is 0 Å². The molecule has 0 radical (unpaired) electrons. The Bertz CT molecular complexity index is 685. The molecule has 1 N–H and O–H groups in total. The summed E-state index contributed by atoms with van der Waals surface area (Å²) in [4.78, 5) is 14.5. The number of hydrogen-bond acceptors (Lipinski definition) is 6. The van der Waals surface area contributed by atoms with Crippen LogP contribution in [0.5, 0.6) is 0 Å². The lowest BCUT2D eigenvalue weighted by Gasteiger charge is -2.32. The molecule has 0 spiro atoms. The van der Waals surface area contributed by atoms with Crippen LogP contribution in [0.2, 0.25) is 0 Å². The quantitative estimate of drug-likeness (QED) is 0.807. The number of β-amino-alcohol motifs (C(OH)–C–C–N with tert-alkyl or cyclic N) is 1. The predicted octanol–water partition coefficient (Wildman–Crippen LogP) is -0.335. The second-order valence-electron chi connectivity index (χ2n) is 5.82. The summed E-state index contributed by atoms with van der Waals surface area (Å²) in [5.74, 6) is -0.771. The zero-order valence-corrected chi connectivity index (χ0v) is 13.5. The number of aliphatic hydroxyl groups is 1. The van der Waals surface area contributed by atoms with Crippen molar-refractivity contribution in [2.24, 2.45) is 0 Å². The highest BCUT2D eigenvalue weighted by molar-refractivity contribution is 7.89. The first-order valence-electron chi connectivity index (χ1n) is 7.58. The van der Waals surface area contributed by atoms with Gasteiger partial charge in [-0.3, -0.25) is 9.69 Å². The van der Waals surface area contributed by atoms with E-state index in [0.717, 1.165) is 4.31 Å². The molecule has 1 atom stereocenters. The van der Waals surface area contributed by atoms with Gasteiger partial charge in [0.05, 0.1) is 31.6 Å². The number of carbonyl (C=O) groups excluding carboxylic acids is 1. The Kier molecular flexibility index (Phi) is 4.67. The van der Waals surface area contributed by atoms with Gasteiger partial charge in [-0.2, -0.15) is 0 Å². The van der Waals surface area contributed by atoms with Crippen LogP contribution in [0.1, 0.15) is 15.9 Å². The SMILES string of the molecule is O=C1c2ccccc2CS(=O)(=O)N1CC(O)CN1CCOCC1. The van der Waals surface area contributed by atoms with E-state index in [0.29, 0.717) is 44.0 Å². The molecule has 7 nitrogen and oxygen atoms in total. The predicted molar refractivity (Wildman–Crippen MR) is 83.4 cm³/mol. The van der Waals surface area contributed by atoms with Crippen molar-refractivity contribution in [1.29, 1.82) is 0 Å². The van der Waals surface area contributed by atoms with Crippen LogP contribution < -0.4 is 0 Å². The summed E-state index contributed by atoms with van der Waals surface area (Å²) in [7, 11) is -3.74. The van der Waals surface area contributed by atoms with Crippen LogP contribution in [-0.2, 0) is 20.5 Å². The van der Waals surface area contributed by atoms with E-state index in [1.54, 1.807) is 24.3 Å². The number of morpholine rings is 1. The molecule has 0 aromatic heterocycles. The second-order valence-corrected chi connectivity index (χ2v) is 7.71. The lowest BCUT2D eigenvalue weighted by atomic mass is 10.1. The first kappa shape index (κ1) is 16.4. The zero-order chi connectivity index (χ0) is 16.4. The fourth-order valence-corrected chi connectivity index (χ4v) is 4.47. The maximum Gasteiger partial charge on any atom is 0.267 e. The number of fused-ring (bicyclic) bond motifs is 1. The Labute approximate surface area is 135 Å². The van der Waals surface area contributed by atoms with Gasteiger partial charge in [-0.05, 0) is 11.6 Å². The lowest BCUT2D eigenvalue weighted by Crippen LogP contribution is -2.49. The summed E-state index contributed by atoms with van der Waals surface area (Å²) in [5, 5.41) is 10.2. The number of aliphatic hydroxyl groups excluding tert-OH is 1. The first-order valence-corrected chi connectivity index (χ1v) is 9.19. The summed E-state index contributed by atoms with van der Waals surface area (Å²) in [6.45, 7) is 2.69. The highest BCUT2D eigenvalue weighted by Crippen LogP contribution is 2.24. The molecule has 1 saturated heterocycles. The average Bonchev–Trinajstić information content (AvgIpc) is 2.52. The maximum atomic E-state index is 12.5. The molecular formula is C15H20N2O5S. The minimum atomic E-state index is -3.74. The molecule has 1 fully saturated rings. The summed E-state index contributed by atoms with van der Waals surface area (Å²) in [5.41, 5.74) is 0.900. The van der Waals surface area contributed by atoms with Gasteiger partial charge in [0.1, 0.15) is 0 Å². The average molecular weight is 340 g/mol. The van der Waals surface area contributed by atoms with Gasteiger partial charge in [-0.15, -0.1) is 0 Å². The first-order chi connectivity index (χ1) is 11.0. The highest BCUT2D eigenvalue weighted by Gasteiger charge is 2.36. The molecule has 0 bridgehead atoms. The number of carbonyl (C=O) groups is 1. The number of sulfonamides is 1. The van der Waals surface area contributed by atoms with Gasteiger partial charge in [0.15, 0.2) is 0 Å². The minimum Gasteiger partial charge on any atom is -0.390 e. The molecule has 23 heavy (non-hydrogen) atoms. The standard InChI is InChI=1S/C15H20N2O5S/c18-13(9-16-5-7-22-8-6-16)10-17-15(19)14-4-2-1-3-12(14)11-23(17,20)21/h1-4,13,18H,5-11H2. The largest absolute Gasteiger partial charge is 0.390 e. The van der Waals surface area contributed by atoms with Crippen LogP contribution in [-0.4, -0.2) is 74.1 Å². The van der Waals surface area contributed by atoms with E-state index in [4.69, 9.17) is 4.74 Å². The van der Waals surface area contributed by atoms with Crippen molar-refractivity contribution >= 4 is 15.9 Å². The molecule has 2 aliphatic heterocycles. The lowest BCUT2D eigenvalue weighted by molar-refractivity contribution is 0.0114. The molecule has 0 aliphatic carbocycles. The van der Waals surface area contributed by atoms with E-state index < -0.39 is 22.0 Å². The number of amides is 1. The van der Waals surface area contributed by atoms with Crippen LogP contribution in [0.25, 0.3) is 0 Å². The van der Waals surface area contributed by atoms with Crippen molar-refractivity contribution in [3.8, 4) is 0 Å². The molecule has 2 heterocycles. The van der Waals surface area contributed by atoms with Crippen LogP contribution in [0.15, 0.2) is 24.3 Å². The summed E-state index contributed by atoms with van der Waals surface area (Å²) in [6.07, 6.45) is -0.919. The third-order valence-electron chi connectivity index (χ3n) is 4.10. The van der Waals surface area contributed by atoms with Crippen molar-refractivity contribution in [2.75, 3.05) is 39.4 Å². The highest BCUT2D eigenvalue weighted by atomic mass is 32.2. The smallest absolute Gasteiger partial charge is 0.267 e. The van der Waals surface area contributed by atoms with Gasteiger partial charge in [0.25, 0.3) is 5.91 Å². The molecule has 2 aliphatic rings. The van der Waals surface area contributed by atoms with Gasteiger partial charge in [-0.1, -0.05) is 18.2 Å². The molecule has 0 saturated carbocycles.